The number of halogens is 1. The van der Waals surface area contributed by atoms with E-state index in [0.29, 0.717) is 12.2 Å². The molecule has 0 fully saturated rings. The Hall–Kier alpha value is -2.36. The van der Waals surface area contributed by atoms with Gasteiger partial charge in [0.1, 0.15) is 11.4 Å². The lowest BCUT2D eigenvalue weighted by Gasteiger charge is -2.21. The molecule has 0 bridgehead atoms. The van der Waals surface area contributed by atoms with E-state index in [4.69, 9.17) is 5.11 Å². The summed E-state index contributed by atoms with van der Waals surface area (Å²) in [6, 6.07) is 13.9. The van der Waals surface area contributed by atoms with Crippen molar-refractivity contribution in [3.05, 3.63) is 65.5 Å². The molecule has 0 aliphatic carbocycles. The van der Waals surface area contributed by atoms with Crippen LogP contribution < -0.4 is 4.90 Å². The number of carboxylic acids is 1. The van der Waals surface area contributed by atoms with E-state index in [1.165, 1.54) is 6.07 Å². The van der Waals surface area contributed by atoms with Crippen LogP contribution in [0.5, 0.6) is 0 Å². The second-order valence-electron chi connectivity index (χ2n) is 4.28. The summed E-state index contributed by atoms with van der Waals surface area (Å²) in [5.41, 5.74) is 1.11. The fraction of sp³-hybridized carbons (Fsp3) is 0.133. The normalized spacial score (nSPS) is 10.2. The predicted molar refractivity (Wildman–Crippen MR) is 71.9 cm³/mol. The maximum atomic E-state index is 13.6. The van der Waals surface area contributed by atoms with Gasteiger partial charge in [0.05, 0.1) is 5.69 Å². The van der Waals surface area contributed by atoms with E-state index in [1.54, 1.807) is 18.0 Å². The first-order valence-corrected chi connectivity index (χ1v) is 5.86. The van der Waals surface area contributed by atoms with Crippen molar-refractivity contribution in [1.29, 1.82) is 0 Å². The Balaban J connectivity index is 2.31. The quantitative estimate of drug-likeness (QED) is 0.916. The molecule has 0 saturated carbocycles. The lowest BCUT2D eigenvalue weighted by Crippen LogP contribution is -2.20. The molecule has 98 valence electrons. The van der Waals surface area contributed by atoms with E-state index in [-0.39, 0.29) is 5.56 Å². The largest absolute Gasteiger partial charge is 0.478 e. The van der Waals surface area contributed by atoms with Gasteiger partial charge in [0.2, 0.25) is 0 Å². The van der Waals surface area contributed by atoms with Gasteiger partial charge in [0, 0.05) is 13.6 Å². The lowest BCUT2D eigenvalue weighted by molar-refractivity contribution is 0.0692. The third-order valence-electron chi connectivity index (χ3n) is 2.88. The summed E-state index contributed by atoms with van der Waals surface area (Å²) >= 11 is 0. The number of carboxylic acid groups (broad SMARTS) is 1. The second kappa shape index (κ2) is 5.52. The van der Waals surface area contributed by atoms with Gasteiger partial charge in [-0.2, -0.15) is 0 Å². The summed E-state index contributed by atoms with van der Waals surface area (Å²) in [5, 5.41) is 9.09. The Morgan fingerprint density at radius 3 is 2.47 bits per heavy atom. The van der Waals surface area contributed by atoms with Crippen LogP contribution in [0.15, 0.2) is 48.5 Å². The van der Waals surface area contributed by atoms with Crippen LogP contribution >= 0.6 is 0 Å². The minimum atomic E-state index is -1.26. The zero-order valence-corrected chi connectivity index (χ0v) is 10.5. The number of hydrogen-bond donors (Lipinski definition) is 1. The van der Waals surface area contributed by atoms with Crippen molar-refractivity contribution in [1.82, 2.24) is 0 Å². The zero-order chi connectivity index (χ0) is 13.8. The Labute approximate surface area is 110 Å². The van der Waals surface area contributed by atoms with Crippen LogP contribution in [0.1, 0.15) is 15.9 Å². The molecule has 4 heteroatoms. The van der Waals surface area contributed by atoms with Crippen LogP contribution in [-0.4, -0.2) is 18.1 Å². The molecule has 19 heavy (non-hydrogen) atoms. The smallest absolute Gasteiger partial charge is 0.340 e. The highest BCUT2D eigenvalue weighted by molar-refractivity contribution is 5.94. The van der Waals surface area contributed by atoms with Gasteiger partial charge in [0.15, 0.2) is 0 Å². The molecular weight excluding hydrogens is 245 g/mol. The van der Waals surface area contributed by atoms with Crippen molar-refractivity contribution < 1.29 is 14.3 Å². The molecule has 0 radical (unpaired) electrons. The highest BCUT2D eigenvalue weighted by Crippen LogP contribution is 2.23. The number of rotatable bonds is 4. The molecule has 0 aliphatic heterocycles. The molecule has 0 amide bonds. The Morgan fingerprint density at radius 1 is 1.16 bits per heavy atom. The summed E-state index contributed by atoms with van der Waals surface area (Å²) in [7, 11) is 1.74. The Bertz CT molecular complexity index is 584. The molecule has 0 atom stereocenters. The van der Waals surface area contributed by atoms with Gasteiger partial charge in [-0.05, 0) is 17.7 Å². The minimum absolute atomic E-state index is 0.291. The van der Waals surface area contributed by atoms with Gasteiger partial charge in [-0.25, -0.2) is 9.18 Å². The van der Waals surface area contributed by atoms with Crippen LogP contribution in [0.25, 0.3) is 0 Å². The fourth-order valence-electron chi connectivity index (χ4n) is 1.99. The third-order valence-corrected chi connectivity index (χ3v) is 2.88. The molecule has 0 heterocycles. The maximum absolute atomic E-state index is 13.6. The summed E-state index contributed by atoms with van der Waals surface area (Å²) in [6.45, 7) is 0.518. The van der Waals surface area contributed by atoms with Gasteiger partial charge in [-0.1, -0.05) is 36.4 Å². The highest BCUT2D eigenvalue weighted by atomic mass is 19.1. The van der Waals surface area contributed by atoms with Gasteiger partial charge in [-0.15, -0.1) is 0 Å². The van der Waals surface area contributed by atoms with E-state index in [1.807, 2.05) is 30.3 Å². The number of anilines is 1. The summed E-state index contributed by atoms with van der Waals surface area (Å²) in [6.07, 6.45) is 0. The Kier molecular flexibility index (Phi) is 3.80. The highest BCUT2D eigenvalue weighted by Gasteiger charge is 2.18. The minimum Gasteiger partial charge on any atom is -0.478 e. The van der Waals surface area contributed by atoms with Gasteiger partial charge < -0.3 is 10.0 Å². The number of carbonyl (C=O) groups is 1. The average Bonchev–Trinajstić information content (AvgIpc) is 2.39. The summed E-state index contributed by atoms with van der Waals surface area (Å²) in [5.74, 6) is -1.97. The summed E-state index contributed by atoms with van der Waals surface area (Å²) < 4.78 is 13.6. The third kappa shape index (κ3) is 2.91. The fourth-order valence-corrected chi connectivity index (χ4v) is 1.99. The average molecular weight is 259 g/mol. The van der Waals surface area contributed by atoms with Crippen molar-refractivity contribution in [2.24, 2.45) is 0 Å². The topological polar surface area (TPSA) is 40.5 Å². The van der Waals surface area contributed by atoms with Crippen molar-refractivity contribution in [2.75, 3.05) is 11.9 Å². The summed E-state index contributed by atoms with van der Waals surface area (Å²) in [4.78, 5) is 12.9. The van der Waals surface area contributed by atoms with Crippen LogP contribution in [-0.2, 0) is 6.54 Å². The van der Waals surface area contributed by atoms with Gasteiger partial charge >= 0.3 is 5.97 Å². The number of benzene rings is 2. The number of aromatic carboxylic acids is 1. The Morgan fingerprint density at radius 2 is 1.84 bits per heavy atom. The second-order valence-corrected chi connectivity index (χ2v) is 4.28. The van der Waals surface area contributed by atoms with Crippen LogP contribution in [0.4, 0.5) is 10.1 Å². The molecule has 2 rings (SSSR count). The SMILES string of the molecule is CN(Cc1ccccc1)c1cccc(F)c1C(=O)O. The molecule has 0 aromatic heterocycles. The first-order chi connectivity index (χ1) is 9.09. The van der Waals surface area contributed by atoms with Crippen LogP contribution in [0, 0.1) is 5.82 Å². The first kappa shape index (κ1) is 13.1. The van der Waals surface area contributed by atoms with Crippen molar-refractivity contribution in [3.63, 3.8) is 0 Å². The van der Waals surface area contributed by atoms with Crippen molar-refractivity contribution in [3.8, 4) is 0 Å². The monoisotopic (exact) mass is 259 g/mol. The molecular formula is C15H14FNO2. The first-order valence-electron chi connectivity index (χ1n) is 5.86. The lowest BCUT2D eigenvalue weighted by atomic mass is 10.1. The van der Waals surface area contributed by atoms with Crippen LogP contribution in [0.2, 0.25) is 0 Å². The van der Waals surface area contributed by atoms with E-state index in [9.17, 15) is 9.18 Å². The molecule has 2 aromatic rings. The molecule has 3 nitrogen and oxygen atoms in total. The van der Waals surface area contributed by atoms with E-state index < -0.39 is 11.8 Å². The van der Waals surface area contributed by atoms with Crippen molar-refractivity contribution >= 4 is 11.7 Å². The standard InChI is InChI=1S/C15H14FNO2/c1-17(10-11-6-3-2-4-7-11)13-9-5-8-12(16)14(13)15(18)19/h2-9H,10H2,1H3,(H,18,19). The molecule has 1 N–H and O–H groups in total. The number of nitrogens with zero attached hydrogens (tertiary/aromatic N) is 1. The number of hydrogen-bond acceptors (Lipinski definition) is 2. The molecule has 0 saturated heterocycles. The van der Waals surface area contributed by atoms with Crippen molar-refractivity contribution in [2.45, 2.75) is 6.54 Å². The molecule has 0 aliphatic rings. The van der Waals surface area contributed by atoms with E-state index in [0.717, 1.165) is 11.6 Å². The van der Waals surface area contributed by atoms with E-state index >= 15 is 0 Å². The van der Waals surface area contributed by atoms with Crippen LogP contribution in [0.3, 0.4) is 0 Å². The molecule has 0 unspecified atom stereocenters. The van der Waals surface area contributed by atoms with Gasteiger partial charge in [-0.3, -0.25) is 0 Å². The molecule has 0 spiro atoms. The zero-order valence-electron chi connectivity index (χ0n) is 10.5. The predicted octanol–water partition coefficient (Wildman–Crippen LogP) is 3.16. The molecule has 2 aromatic carbocycles. The van der Waals surface area contributed by atoms with E-state index in [2.05, 4.69) is 0 Å². The maximum Gasteiger partial charge on any atom is 0.340 e. The van der Waals surface area contributed by atoms with Gasteiger partial charge in [0.25, 0.3) is 0 Å².